The Morgan fingerprint density at radius 1 is 1.32 bits per heavy atom. The summed E-state index contributed by atoms with van der Waals surface area (Å²) in [5, 5.41) is 0. The number of rotatable bonds is 4. The van der Waals surface area contributed by atoms with Gasteiger partial charge in [0.25, 0.3) is 0 Å². The van der Waals surface area contributed by atoms with E-state index in [9.17, 15) is 9.18 Å². The molecule has 0 saturated carbocycles. The van der Waals surface area contributed by atoms with Gasteiger partial charge in [-0.2, -0.15) is 0 Å². The third kappa shape index (κ3) is 3.47. The van der Waals surface area contributed by atoms with E-state index in [1.165, 1.54) is 18.2 Å². The number of aryl methyl sites for hydroxylation is 1. The predicted octanol–water partition coefficient (Wildman–Crippen LogP) is 3.97. The molecule has 0 amide bonds. The Morgan fingerprint density at radius 3 is 2.68 bits per heavy atom. The van der Waals surface area contributed by atoms with Gasteiger partial charge >= 0.3 is 0 Å². The highest BCUT2D eigenvalue weighted by Gasteiger charge is 2.10. The molecule has 2 rings (SSSR count). The van der Waals surface area contributed by atoms with Gasteiger partial charge in [-0.25, -0.2) is 4.39 Å². The zero-order chi connectivity index (χ0) is 13.8. The van der Waals surface area contributed by atoms with E-state index in [0.29, 0.717) is 10.0 Å². The fraction of sp³-hybridized carbons (Fsp3) is 0.200. The molecule has 0 fully saturated rings. The van der Waals surface area contributed by atoms with Gasteiger partial charge in [0.1, 0.15) is 5.82 Å². The van der Waals surface area contributed by atoms with E-state index in [0.717, 1.165) is 17.7 Å². The van der Waals surface area contributed by atoms with Crippen molar-refractivity contribution in [1.82, 2.24) is 4.98 Å². The normalized spacial score (nSPS) is 10.5. The van der Waals surface area contributed by atoms with Crippen LogP contribution in [-0.2, 0) is 12.8 Å². The van der Waals surface area contributed by atoms with Gasteiger partial charge in [-0.05, 0) is 52.2 Å². The number of nitrogens with zero attached hydrogens (tertiary/aromatic N) is 1. The molecule has 1 aromatic carbocycles. The summed E-state index contributed by atoms with van der Waals surface area (Å²) in [6, 6.07) is 8.09. The van der Waals surface area contributed by atoms with Crippen molar-refractivity contribution in [1.29, 1.82) is 0 Å². The molecule has 0 aliphatic rings. The number of benzene rings is 1. The summed E-state index contributed by atoms with van der Waals surface area (Å²) in [6.45, 7) is 2.05. The first-order valence-corrected chi connectivity index (χ1v) is 6.81. The van der Waals surface area contributed by atoms with E-state index in [4.69, 9.17) is 0 Å². The Bertz CT molecular complexity index is 596. The number of hydrogen-bond donors (Lipinski definition) is 0. The van der Waals surface area contributed by atoms with Crippen LogP contribution in [0.1, 0.15) is 28.5 Å². The summed E-state index contributed by atoms with van der Waals surface area (Å²) < 4.78 is 13.4. The quantitative estimate of drug-likeness (QED) is 0.797. The lowest BCUT2D eigenvalue weighted by atomic mass is 10.1. The average Bonchev–Trinajstić information content (AvgIpc) is 2.42. The van der Waals surface area contributed by atoms with Crippen molar-refractivity contribution < 1.29 is 9.18 Å². The highest BCUT2D eigenvalue weighted by Crippen LogP contribution is 2.18. The molecule has 0 aliphatic heterocycles. The fourth-order valence-corrected chi connectivity index (χ4v) is 2.08. The lowest BCUT2D eigenvalue weighted by Crippen LogP contribution is -2.05. The highest BCUT2D eigenvalue weighted by atomic mass is 79.9. The third-order valence-electron chi connectivity index (χ3n) is 2.88. The number of halogens is 2. The molecule has 0 radical (unpaired) electrons. The second kappa shape index (κ2) is 6.06. The first-order chi connectivity index (χ1) is 9.10. The van der Waals surface area contributed by atoms with Crippen LogP contribution >= 0.6 is 15.9 Å². The van der Waals surface area contributed by atoms with Crippen LogP contribution in [0.15, 0.2) is 41.0 Å². The van der Waals surface area contributed by atoms with Gasteiger partial charge in [-0.15, -0.1) is 0 Å². The standard InChI is InChI=1S/C15H13BrFNO/c1-2-10-3-5-12(18-9-10)8-15(19)11-4-6-14(17)13(16)7-11/h3-7,9H,2,8H2,1H3. The smallest absolute Gasteiger partial charge is 0.168 e. The molecule has 0 saturated heterocycles. The molecule has 4 heteroatoms. The Balaban J connectivity index is 2.13. The van der Waals surface area contributed by atoms with Crippen LogP contribution in [0.5, 0.6) is 0 Å². The minimum Gasteiger partial charge on any atom is -0.294 e. The zero-order valence-corrected chi connectivity index (χ0v) is 12.1. The van der Waals surface area contributed by atoms with Crippen LogP contribution in [-0.4, -0.2) is 10.8 Å². The van der Waals surface area contributed by atoms with Gasteiger partial charge in [0.05, 0.1) is 10.9 Å². The number of carbonyl (C=O) groups excluding carboxylic acids is 1. The maximum absolute atomic E-state index is 13.1. The second-order valence-electron chi connectivity index (χ2n) is 4.24. The Labute approximate surface area is 119 Å². The van der Waals surface area contributed by atoms with Gasteiger partial charge in [0.15, 0.2) is 5.78 Å². The second-order valence-corrected chi connectivity index (χ2v) is 5.09. The molecule has 0 N–H and O–H groups in total. The van der Waals surface area contributed by atoms with E-state index in [-0.39, 0.29) is 18.0 Å². The van der Waals surface area contributed by atoms with Crippen molar-refractivity contribution in [2.45, 2.75) is 19.8 Å². The predicted molar refractivity (Wildman–Crippen MR) is 75.7 cm³/mol. The van der Waals surface area contributed by atoms with E-state index in [1.807, 2.05) is 12.1 Å². The van der Waals surface area contributed by atoms with Crippen molar-refractivity contribution in [2.24, 2.45) is 0 Å². The summed E-state index contributed by atoms with van der Waals surface area (Å²) in [5.74, 6) is -0.445. The summed E-state index contributed by atoms with van der Waals surface area (Å²) >= 11 is 3.08. The van der Waals surface area contributed by atoms with Crippen molar-refractivity contribution in [3.63, 3.8) is 0 Å². The molecule has 1 aromatic heterocycles. The van der Waals surface area contributed by atoms with Crippen molar-refractivity contribution in [3.05, 3.63) is 63.6 Å². The Morgan fingerprint density at radius 2 is 2.11 bits per heavy atom. The molecule has 19 heavy (non-hydrogen) atoms. The minimum atomic E-state index is -0.373. The maximum atomic E-state index is 13.1. The number of hydrogen-bond acceptors (Lipinski definition) is 2. The molecular weight excluding hydrogens is 309 g/mol. The monoisotopic (exact) mass is 321 g/mol. The first kappa shape index (κ1) is 13.9. The van der Waals surface area contributed by atoms with Gasteiger partial charge in [0.2, 0.25) is 0 Å². The highest BCUT2D eigenvalue weighted by molar-refractivity contribution is 9.10. The summed E-state index contributed by atoms with van der Waals surface area (Å²) in [4.78, 5) is 16.3. The SMILES string of the molecule is CCc1ccc(CC(=O)c2ccc(F)c(Br)c2)nc1. The Hall–Kier alpha value is -1.55. The van der Waals surface area contributed by atoms with E-state index >= 15 is 0 Å². The van der Waals surface area contributed by atoms with Crippen molar-refractivity contribution in [3.8, 4) is 0 Å². The van der Waals surface area contributed by atoms with Gasteiger partial charge in [0, 0.05) is 17.5 Å². The van der Waals surface area contributed by atoms with Gasteiger partial charge in [-0.1, -0.05) is 13.0 Å². The molecule has 2 aromatic rings. The number of aromatic nitrogens is 1. The summed E-state index contributed by atoms with van der Waals surface area (Å²) in [5.41, 5.74) is 2.35. The third-order valence-corrected chi connectivity index (χ3v) is 3.49. The number of ketones is 1. The molecule has 0 bridgehead atoms. The molecular formula is C15H13BrFNO. The Kier molecular flexibility index (Phi) is 4.43. The van der Waals surface area contributed by atoms with Crippen LogP contribution in [0.25, 0.3) is 0 Å². The summed E-state index contributed by atoms with van der Waals surface area (Å²) in [6.07, 6.45) is 2.93. The van der Waals surface area contributed by atoms with Gasteiger partial charge < -0.3 is 0 Å². The molecule has 1 heterocycles. The van der Waals surface area contributed by atoms with Crippen LogP contribution in [0.2, 0.25) is 0 Å². The molecule has 0 atom stereocenters. The molecule has 0 unspecified atom stereocenters. The zero-order valence-electron chi connectivity index (χ0n) is 10.5. The number of carbonyl (C=O) groups is 1. The average molecular weight is 322 g/mol. The number of Topliss-reactive ketones (excluding diaryl/α,β-unsaturated/α-hetero) is 1. The number of pyridine rings is 1. The first-order valence-electron chi connectivity index (χ1n) is 6.02. The minimum absolute atomic E-state index is 0.0718. The van der Waals surface area contributed by atoms with Crippen LogP contribution in [0, 0.1) is 5.82 Å². The lowest BCUT2D eigenvalue weighted by molar-refractivity contribution is 0.0992. The molecule has 98 valence electrons. The van der Waals surface area contributed by atoms with E-state index < -0.39 is 0 Å². The maximum Gasteiger partial charge on any atom is 0.168 e. The van der Waals surface area contributed by atoms with E-state index in [2.05, 4.69) is 27.8 Å². The molecule has 0 aliphatic carbocycles. The fourth-order valence-electron chi connectivity index (χ4n) is 1.70. The van der Waals surface area contributed by atoms with Crippen molar-refractivity contribution in [2.75, 3.05) is 0 Å². The largest absolute Gasteiger partial charge is 0.294 e. The van der Waals surface area contributed by atoms with Gasteiger partial charge in [-0.3, -0.25) is 9.78 Å². The van der Waals surface area contributed by atoms with Crippen LogP contribution in [0.3, 0.4) is 0 Å². The molecule has 2 nitrogen and oxygen atoms in total. The van der Waals surface area contributed by atoms with Crippen LogP contribution < -0.4 is 0 Å². The van der Waals surface area contributed by atoms with Crippen molar-refractivity contribution >= 4 is 21.7 Å². The van der Waals surface area contributed by atoms with E-state index in [1.54, 1.807) is 6.20 Å². The molecule has 0 spiro atoms. The van der Waals surface area contributed by atoms with Crippen LogP contribution in [0.4, 0.5) is 4.39 Å². The summed E-state index contributed by atoms with van der Waals surface area (Å²) in [7, 11) is 0. The lowest BCUT2D eigenvalue weighted by Gasteiger charge is -2.03. The topological polar surface area (TPSA) is 30.0 Å².